The predicted octanol–water partition coefficient (Wildman–Crippen LogP) is 1.10. The molecule has 112 valence electrons. The molecule has 0 spiro atoms. The lowest BCUT2D eigenvalue weighted by atomic mass is 10.2. The van der Waals surface area contributed by atoms with Crippen molar-refractivity contribution >= 4 is 16.9 Å². The molecule has 0 aliphatic carbocycles. The number of aryl methyl sites for hydroxylation is 1. The van der Waals surface area contributed by atoms with E-state index in [2.05, 4.69) is 10.2 Å². The first kappa shape index (κ1) is 14.0. The Hall–Kier alpha value is -2.93. The number of hydrogen-bond acceptors (Lipinski definition) is 5. The smallest absolute Gasteiger partial charge is 0.271 e. The number of amides is 1. The first-order valence-electron chi connectivity index (χ1n) is 6.73. The van der Waals surface area contributed by atoms with Crippen LogP contribution >= 0.6 is 0 Å². The molecule has 3 aromatic rings. The minimum absolute atomic E-state index is 0.173. The highest BCUT2D eigenvalue weighted by Crippen LogP contribution is 2.24. The van der Waals surface area contributed by atoms with Gasteiger partial charge in [-0.25, -0.2) is 5.84 Å². The first-order valence-corrected chi connectivity index (χ1v) is 6.73. The average Bonchev–Trinajstić information content (AvgIpc) is 2.97. The van der Waals surface area contributed by atoms with Gasteiger partial charge in [0.1, 0.15) is 22.5 Å². The van der Waals surface area contributed by atoms with Gasteiger partial charge in [-0.05, 0) is 36.8 Å². The quantitative estimate of drug-likeness (QED) is 0.427. The summed E-state index contributed by atoms with van der Waals surface area (Å²) in [4.78, 5) is 12.7. The minimum atomic E-state index is -0.412. The molecular formula is C15H15N5O2. The van der Waals surface area contributed by atoms with Crippen LogP contribution < -0.4 is 16.0 Å². The number of nitrogens with two attached hydrogens (primary N) is 1. The lowest BCUT2D eigenvalue weighted by Gasteiger charge is -2.10. The topological polar surface area (TPSA) is 95.1 Å². The second-order valence-electron chi connectivity index (χ2n) is 4.81. The Labute approximate surface area is 126 Å². The molecule has 1 aromatic heterocycles. The van der Waals surface area contributed by atoms with E-state index in [1.165, 1.54) is 4.80 Å². The highest BCUT2D eigenvalue weighted by atomic mass is 16.5. The van der Waals surface area contributed by atoms with Crippen LogP contribution in [0.1, 0.15) is 5.56 Å². The molecule has 3 rings (SSSR count). The number of nitrogens with one attached hydrogen (secondary N) is 1. The monoisotopic (exact) mass is 297 g/mol. The SMILES string of the molecule is Cc1ccc(OCC(=O)NN)c(-n2nc3ccccc3n2)c1. The van der Waals surface area contributed by atoms with Gasteiger partial charge in [-0.2, -0.15) is 0 Å². The third-order valence-corrected chi connectivity index (χ3v) is 3.14. The van der Waals surface area contributed by atoms with Crippen molar-refractivity contribution in [2.75, 3.05) is 6.61 Å². The van der Waals surface area contributed by atoms with Crippen molar-refractivity contribution < 1.29 is 9.53 Å². The highest BCUT2D eigenvalue weighted by molar-refractivity contribution is 5.77. The summed E-state index contributed by atoms with van der Waals surface area (Å²) in [5.41, 5.74) is 5.30. The zero-order valence-corrected chi connectivity index (χ0v) is 12.0. The van der Waals surface area contributed by atoms with Crippen molar-refractivity contribution in [2.45, 2.75) is 6.92 Å². The number of nitrogens with zero attached hydrogens (tertiary/aromatic N) is 3. The van der Waals surface area contributed by atoms with Gasteiger partial charge in [-0.1, -0.05) is 18.2 Å². The number of hydrogen-bond donors (Lipinski definition) is 2. The van der Waals surface area contributed by atoms with Gasteiger partial charge in [-0.15, -0.1) is 15.0 Å². The standard InChI is InChI=1S/C15H15N5O2/c1-10-6-7-14(22-9-15(21)17-16)13(8-10)20-18-11-4-2-3-5-12(11)19-20/h2-8H,9,16H2,1H3,(H,17,21). The number of fused-ring (bicyclic) bond motifs is 1. The van der Waals surface area contributed by atoms with Crippen LogP contribution in [-0.2, 0) is 4.79 Å². The lowest BCUT2D eigenvalue weighted by molar-refractivity contribution is -0.123. The molecule has 7 heteroatoms. The Morgan fingerprint density at radius 1 is 1.23 bits per heavy atom. The minimum Gasteiger partial charge on any atom is -0.481 e. The van der Waals surface area contributed by atoms with Crippen LogP contribution in [0.5, 0.6) is 5.75 Å². The Kier molecular flexibility index (Phi) is 3.71. The molecule has 0 bridgehead atoms. The normalized spacial score (nSPS) is 10.6. The van der Waals surface area contributed by atoms with E-state index < -0.39 is 5.91 Å². The summed E-state index contributed by atoms with van der Waals surface area (Å²) in [7, 11) is 0. The van der Waals surface area contributed by atoms with E-state index in [0.717, 1.165) is 16.6 Å². The molecule has 0 aliphatic rings. The number of carbonyl (C=O) groups excluding carboxylic acids is 1. The van der Waals surface area contributed by atoms with E-state index in [0.29, 0.717) is 11.4 Å². The Bertz CT molecular complexity index is 795. The van der Waals surface area contributed by atoms with Gasteiger partial charge in [0.25, 0.3) is 5.91 Å². The van der Waals surface area contributed by atoms with E-state index >= 15 is 0 Å². The van der Waals surface area contributed by atoms with Crippen molar-refractivity contribution in [2.24, 2.45) is 5.84 Å². The summed E-state index contributed by atoms with van der Waals surface area (Å²) in [5.74, 6) is 5.15. The largest absolute Gasteiger partial charge is 0.481 e. The fourth-order valence-corrected chi connectivity index (χ4v) is 2.06. The summed E-state index contributed by atoms with van der Waals surface area (Å²) in [6.45, 7) is 1.79. The number of aromatic nitrogens is 3. The first-order chi connectivity index (χ1) is 10.7. The second kappa shape index (κ2) is 5.82. The molecule has 0 unspecified atom stereocenters. The fourth-order valence-electron chi connectivity index (χ4n) is 2.06. The summed E-state index contributed by atoms with van der Waals surface area (Å²) < 4.78 is 5.50. The molecule has 0 fully saturated rings. The van der Waals surface area contributed by atoms with Gasteiger partial charge in [-0.3, -0.25) is 10.2 Å². The molecule has 0 saturated carbocycles. The predicted molar refractivity (Wildman–Crippen MR) is 81.4 cm³/mol. The third-order valence-electron chi connectivity index (χ3n) is 3.14. The van der Waals surface area contributed by atoms with E-state index in [1.807, 2.05) is 48.7 Å². The highest BCUT2D eigenvalue weighted by Gasteiger charge is 2.11. The molecule has 1 heterocycles. The molecule has 0 radical (unpaired) electrons. The molecule has 7 nitrogen and oxygen atoms in total. The van der Waals surface area contributed by atoms with Crippen LogP contribution in [0.4, 0.5) is 0 Å². The van der Waals surface area contributed by atoms with Gasteiger partial charge in [0.05, 0.1) is 0 Å². The Morgan fingerprint density at radius 2 is 1.91 bits per heavy atom. The van der Waals surface area contributed by atoms with Gasteiger partial charge >= 0.3 is 0 Å². The van der Waals surface area contributed by atoms with Crippen LogP contribution in [0.25, 0.3) is 16.7 Å². The zero-order valence-electron chi connectivity index (χ0n) is 12.0. The molecular weight excluding hydrogens is 282 g/mol. The maximum Gasteiger partial charge on any atom is 0.271 e. The third kappa shape index (κ3) is 2.75. The van der Waals surface area contributed by atoms with Gasteiger partial charge in [0.15, 0.2) is 6.61 Å². The number of benzene rings is 2. The van der Waals surface area contributed by atoms with Crippen molar-refractivity contribution in [1.82, 2.24) is 20.4 Å². The Morgan fingerprint density at radius 3 is 2.55 bits per heavy atom. The Balaban J connectivity index is 2.00. The van der Waals surface area contributed by atoms with Gasteiger partial charge in [0, 0.05) is 0 Å². The molecule has 2 aromatic carbocycles. The molecule has 3 N–H and O–H groups in total. The van der Waals surface area contributed by atoms with Crippen LogP contribution in [0.2, 0.25) is 0 Å². The summed E-state index contributed by atoms with van der Waals surface area (Å²) >= 11 is 0. The van der Waals surface area contributed by atoms with E-state index in [-0.39, 0.29) is 6.61 Å². The lowest BCUT2D eigenvalue weighted by Crippen LogP contribution is -2.34. The molecule has 0 atom stereocenters. The number of carbonyl (C=O) groups is 1. The van der Waals surface area contributed by atoms with Crippen molar-refractivity contribution in [3.63, 3.8) is 0 Å². The second-order valence-corrected chi connectivity index (χ2v) is 4.81. The number of ether oxygens (including phenoxy) is 1. The van der Waals surface area contributed by atoms with Crippen LogP contribution in [0.3, 0.4) is 0 Å². The molecule has 1 amide bonds. The van der Waals surface area contributed by atoms with Crippen LogP contribution in [0, 0.1) is 6.92 Å². The molecule has 22 heavy (non-hydrogen) atoms. The molecule has 0 saturated heterocycles. The van der Waals surface area contributed by atoms with E-state index in [4.69, 9.17) is 10.6 Å². The van der Waals surface area contributed by atoms with Gasteiger partial charge < -0.3 is 4.74 Å². The zero-order chi connectivity index (χ0) is 15.5. The maximum absolute atomic E-state index is 11.2. The summed E-state index contributed by atoms with van der Waals surface area (Å²) in [5, 5.41) is 8.86. The summed E-state index contributed by atoms with van der Waals surface area (Å²) in [6.07, 6.45) is 0. The summed E-state index contributed by atoms with van der Waals surface area (Å²) in [6, 6.07) is 13.1. The van der Waals surface area contributed by atoms with Crippen molar-refractivity contribution in [3.8, 4) is 11.4 Å². The molecule has 0 aliphatic heterocycles. The number of hydrazine groups is 1. The van der Waals surface area contributed by atoms with E-state index in [1.54, 1.807) is 6.07 Å². The van der Waals surface area contributed by atoms with Crippen LogP contribution in [0.15, 0.2) is 42.5 Å². The number of rotatable bonds is 4. The average molecular weight is 297 g/mol. The van der Waals surface area contributed by atoms with Crippen molar-refractivity contribution in [1.29, 1.82) is 0 Å². The van der Waals surface area contributed by atoms with Crippen molar-refractivity contribution in [3.05, 3.63) is 48.0 Å². The van der Waals surface area contributed by atoms with Gasteiger partial charge in [0.2, 0.25) is 0 Å². The van der Waals surface area contributed by atoms with Crippen LogP contribution in [-0.4, -0.2) is 27.5 Å². The maximum atomic E-state index is 11.2. The fraction of sp³-hybridized carbons (Fsp3) is 0.133. The van der Waals surface area contributed by atoms with E-state index in [9.17, 15) is 4.79 Å².